The van der Waals surface area contributed by atoms with Gasteiger partial charge in [0.2, 0.25) is 17.7 Å². The molecular weight excluding hydrogens is 464 g/mol. The molecule has 0 bridgehead atoms. The van der Waals surface area contributed by atoms with E-state index in [0.717, 1.165) is 5.56 Å². The number of nitrogens with one attached hydrogen (secondary N) is 3. The Morgan fingerprint density at radius 1 is 1.14 bits per heavy atom. The fraction of sp³-hybridized carbons (Fsp3) is 0.480. The van der Waals surface area contributed by atoms with Crippen molar-refractivity contribution in [3.63, 3.8) is 0 Å². The van der Waals surface area contributed by atoms with Crippen molar-refractivity contribution in [3.05, 3.63) is 54.1 Å². The molecule has 0 radical (unpaired) electrons. The number of imidazole rings is 1. The number of carboxylic acids is 1. The second-order valence-corrected chi connectivity index (χ2v) is 9.39. The average Bonchev–Trinajstić information content (AvgIpc) is 3.55. The fourth-order valence-corrected chi connectivity index (χ4v) is 4.21. The minimum absolute atomic E-state index is 0.119. The zero-order chi connectivity index (χ0) is 26.2. The molecule has 3 amide bonds. The second-order valence-electron chi connectivity index (χ2n) is 9.39. The van der Waals surface area contributed by atoms with Gasteiger partial charge in [-0.15, -0.1) is 0 Å². The van der Waals surface area contributed by atoms with Crippen molar-refractivity contribution in [2.45, 2.75) is 63.7 Å². The number of aromatic nitrogens is 2. The number of carboxylic acid groups (broad SMARTS) is 1. The number of nitrogens with two attached hydrogens (primary N) is 1. The Balaban J connectivity index is 1.74. The Bertz CT molecular complexity index is 1040. The Hall–Kier alpha value is -3.73. The summed E-state index contributed by atoms with van der Waals surface area (Å²) >= 11 is 0. The Labute approximate surface area is 209 Å². The molecule has 6 N–H and O–H groups in total. The van der Waals surface area contributed by atoms with Crippen LogP contribution in [0, 0.1) is 5.92 Å². The lowest BCUT2D eigenvalue weighted by molar-refractivity contribution is -0.145. The third-order valence-electron chi connectivity index (χ3n) is 6.35. The number of benzene rings is 1. The smallest absolute Gasteiger partial charge is 0.326 e. The molecule has 1 aromatic carbocycles. The molecule has 36 heavy (non-hydrogen) atoms. The minimum atomic E-state index is -1.16. The highest BCUT2D eigenvalue weighted by atomic mass is 16.4. The van der Waals surface area contributed by atoms with Crippen LogP contribution >= 0.6 is 0 Å². The van der Waals surface area contributed by atoms with E-state index in [9.17, 15) is 24.3 Å². The maximum Gasteiger partial charge on any atom is 0.326 e. The highest BCUT2D eigenvalue weighted by molar-refractivity contribution is 5.94. The number of likely N-dealkylation sites (tertiary alicyclic amines) is 1. The van der Waals surface area contributed by atoms with E-state index in [1.807, 2.05) is 19.9 Å². The lowest BCUT2D eigenvalue weighted by atomic mass is 10.0. The number of carbonyl (C=O) groups excluding carboxylic acids is 3. The molecule has 1 aliphatic heterocycles. The van der Waals surface area contributed by atoms with E-state index in [1.54, 1.807) is 30.5 Å². The number of H-pyrrole nitrogens is 1. The number of hydrogen-bond donors (Lipinski definition) is 5. The van der Waals surface area contributed by atoms with Gasteiger partial charge in [0.15, 0.2) is 0 Å². The second kappa shape index (κ2) is 12.3. The predicted molar refractivity (Wildman–Crippen MR) is 131 cm³/mol. The van der Waals surface area contributed by atoms with Gasteiger partial charge < -0.3 is 31.4 Å². The first-order chi connectivity index (χ1) is 17.2. The van der Waals surface area contributed by atoms with E-state index in [1.165, 1.54) is 11.2 Å². The summed E-state index contributed by atoms with van der Waals surface area (Å²) < 4.78 is 0. The van der Waals surface area contributed by atoms with Crippen molar-refractivity contribution >= 4 is 23.7 Å². The van der Waals surface area contributed by atoms with E-state index in [4.69, 9.17) is 5.73 Å². The topological polar surface area (TPSA) is 171 Å². The summed E-state index contributed by atoms with van der Waals surface area (Å²) in [5.74, 6) is -2.71. The number of aromatic amines is 1. The predicted octanol–water partition coefficient (Wildman–Crippen LogP) is 0.223. The van der Waals surface area contributed by atoms with Gasteiger partial charge in [-0.2, -0.15) is 0 Å². The lowest BCUT2D eigenvalue weighted by Gasteiger charge is -2.30. The largest absolute Gasteiger partial charge is 0.480 e. The number of nitrogens with zero attached hydrogens (tertiary/aromatic N) is 2. The maximum atomic E-state index is 13.6. The van der Waals surface area contributed by atoms with Gasteiger partial charge >= 0.3 is 5.97 Å². The molecule has 2 aromatic rings. The third-order valence-corrected chi connectivity index (χ3v) is 6.35. The van der Waals surface area contributed by atoms with Crippen LogP contribution in [0.25, 0.3) is 0 Å². The molecule has 0 aliphatic carbocycles. The SMILES string of the molecule is CC(C)C(N)C(=O)NC(Cc1cnc[nH]1)C(=O)N1CCCC1C(=O)NC(Cc1ccccc1)C(=O)O. The molecule has 4 atom stereocenters. The highest BCUT2D eigenvalue weighted by Gasteiger charge is 2.39. The van der Waals surface area contributed by atoms with E-state index in [2.05, 4.69) is 20.6 Å². The number of hydrogen-bond acceptors (Lipinski definition) is 6. The minimum Gasteiger partial charge on any atom is -0.480 e. The molecule has 0 spiro atoms. The van der Waals surface area contributed by atoms with E-state index < -0.39 is 47.9 Å². The van der Waals surface area contributed by atoms with E-state index >= 15 is 0 Å². The van der Waals surface area contributed by atoms with Crippen LogP contribution in [0.2, 0.25) is 0 Å². The summed E-state index contributed by atoms with van der Waals surface area (Å²) in [7, 11) is 0. The van der Waals surface area contributed by atoms with Gasteiger partial charge in [-0.25, -0.2) is 9.78 Å². The van der Waals surface area contributed by atoms with Gasteiger partial charge in [0.05, 0.1) is 12.4 Å². The molecule has 1 aromatic heterocycles. The summed E-state index contributed by atoms with van der Waals surface area (Å²) in [6.45, 7) is 3.94. The molecule has 4 unspecified atom stereocenters. The first-order valence-corrected chi connectivity index (χ1v) is 12.1. The van der Waals surface area contributed by atoms with E-state index in [-0.39, 0.29) is 18.8 Å². The summed E-state index contributed by atoms with van der Waals surface area (Å²) in [6.07, 6.45) is 4.27. The molecule has 1 saturated heterocycles. The number of carbonyl (C=O) groups is 4. The van der Waals surface area contributed by atoms with Gasteiger partial charge in [0.25, 0.3) is 0 Å². The third kappa shape index (κ3) is 6.91. The van der Waals surface area contributed by atoms with Crippen molar-refractivity contribution in [2.24, 2.45) is 11.7 Å². The number of amides is 3. The fourth-order valence-electron chi connectivity index (χ4n) is 4.21. The van der Waals surface area contributed by atoms with Crippen molar-refractivity contribution in [2.75, 3.05) is 6.54 Å². The molecule has 0 saturated carbocycles. The number of rotatable bonds is 11. The Kier molecular flexibility index (Phi) is 9.18. The van der Waals surface area contributed by atoms with Crippen molar-refractivity contribution in [1.29, 1.82) is 0 Å². The van der Waals surface area contributed by atoms with Crippen LogP contribution in [0.15, 0.2) is 42.9 Å². The quantitative estimate of drug-likeness (QED) is 0.295. The lowest BCUT2D eigenvalue weighted by Crippen LogP contribution is -2.58. The van der Waals surface area contributed by atoms with Crippen molar-refractivity contribution in [3.8, 4) is 0 Å². The van der Waals surface area contributed by atoms with Gasteiger partial charge in [-0.1, -0.05) is 44.2 Å². The molecule has 3 rings (SSSR count). The van der Waals surface area contributed by atoms with Crippen molar-refractivity contribution in [1.82, 2.24) is 25.5 Å². The normalized spacial score (nSPS) is 17.9. The zero-order valence-electron chi connectivity index (χ0n) is 20.5. The molecule has 11 nitrogen and oxygen atoms in total. The summed E-state index contributed by atoms with van der Waals surface area (Å²) in [4.78, 5) is 59.5. The average molecular weight is 499 g/mol. The zero-order valence-corrected chi connectivity index (χ0v) is 20.5. The number of aliphatic carboxylic acids is 1. The van der Waals surface area contributed by atoms with Crippen LogP contribution in [0.3, 0.4) is 0 Å². The molecule has 194 valence electrons. The van der Waals surface area contributed by atoms with Crippen LogP contribution in [-0.2, 0) is 32.0 Å². The first kappa shape index (κ1) is 26.9. The molecule has 1 fully saturated rings. The van der Waals surface area contributed by atoms with Crippen molar-refractivity contribution < 1.29 is 24.3 Å². The monoisotopic (exact) mass is 498 g/mol. The molecular formula is C25H34N6O5. The molecule has 2 heterocycles. The maximum absolute atomic E-state index is 13.6. The van der Waals surface area contributed by atoms with Gasteiger partial charge in [0.1, 0.15) is 18.1 Å². The standard InChI is InChI=1S/C25H34N6O5/c1-15(2)21(26)23(33)29-18(12-17-13-27-14-28-17)24(34)31-10-6-9-20(31)22(32)30-19(25(35)36)11-16-7-4-3-5-8-16/h3-5,7-8,13-15,18-21H,6,9-12,26H2,1-2H3,(H,27,28)(H,29,33)(H,30,32)(H,35,36). The van der Waals surface area contributed by atoms with E-state index in [0.29, 0.717) is 25.1 Å². The molecule has 1 aliphatic rings. The highest BCUT2D eigenvalue weighted by Crippen LogP contribution is 2.20. The van der Waals surface area contributed by atoms with Crippen LogP contribution in [0.4, 0.5) is 0 Å². The Morgan fingerprint density at radius 2 is 1.86 bits per heavy atom. The van der Waals surface area contributed by atoms with Crippen LogP contribution in [0.1, 0.15) is 37.9 Å². The Morgan fingerprint density at radius 3 is 2.47 bits per heavy atom. The first-order valence-electron chi connectivity index (χ1n) is 12.1. The summed E-state index contributed by atoms with van der Waals surface area (Å²) in [5, 5.41) is 15.0. The molecule has 11 heteroatoms. The van der Waals surface area contributed by atoms with Gasteiger partial charge in [0, 0.05) is 31.3 Å². The van der Waals surface area contributed by atoms with Crippen LogP contribution in [0.5, 0.6) is 0 Å². The van der Waals surface area contributed by atoms with Gasteiger partial charge in [-0.05, 0) is 24.3 Å². The van der Waals surface area contributed by atoms with Gasteiger partial charge in [-0.3, -0.25) is 14.4 Å². The van der Waals surface area contributed by atoms with Crippen LogP contribution in [-0.4, -0.2) is 74.4 Å². The van der Waals surface area contributed by atoms with Crippen LogP contribution < -0.4 is 16.4 Å². The summed E-state index contributed by atoms with van der Waals surface area (Å²) in [5.41, 5.74) is 7.39. The summed E-state index contributed by atoms with van der Waals surface area (Å²) in [6, 6.07) is 5.27.